The minimum absolute atomic E-state index is 0.0195. The molecule has 2 unspecified atom stereocenters. The second-order valence-electron chi connectivity index (χ2n) is 6.82. The Labute approximate surface area is 128 Å². The number of hydrogen-bond acceptors (Lipinski definition) is 3. The predicted octanol–water partition coefficient (Wildman–Crippen LogP) is 1.95. The molecule has 5 heteroatoms. The summed E-state index contributed by atoms with van der Waals surface area (Å²) in [6.07, 6.45) is 3.57. The number of carbonyl (C=O) groups excluding carboxylic acids is 2. The number of carbonyl (C=O) groups is 2. The van der Waals surface area contributed by atoms with Crippen molar-refractivity contribution in [3.8, 4) is 0 Å². The molecule has 1 N–H and O–H groups in total. The Bertz CT molecular complexity index is 363. The summed E-state index contributed by atoms with van der Waals surface area (Å²) in [6.45, 7) is 9.31. The number of unbranched alkanes of at least 4 members (excludes halogenated alkanes) is 2. The maximum absolute atomic E-state index is 12.7. The average Bonchev–Trinajstić information content (AvgIpc) is 2.40. The van der Waals surface area contributed by atoms with Gasteiger partial charge in [0, 0.05) is 20.3 Å². The second-order valence-corrected chi connectivity index (χ2v) is 6.82. The van der Waals surface area contributed by atoms with Crippen LogP contribution in [0, 0.1) is 5.41 Å². The van der Waals surface area contributed by atoms with Gasteiger partial charge in [0.2, 0.25) is 11.8 Å². The van der Waals surface area contributed by atoms with E-state index < -0.39 is 6.04 Å². The first-order valence-electron chi connectivity index (χ1n) is 7.92. The summed E-state index contributed by atoms with van der Waals surface area (Å²) in [5, 5.41) is 2.90. The van der Waals surface area contributed by atoms with Gasteiger partial charge in [-0.05, 0) is 31.1 Å². The van der Waals surface area contributed by atoms with E-state index in [1.54, 1.807) is 12.0 Å². The van der Waals surface area contributed by atoms with Gasteiger partial charge in [0.05, 0.1) is 0 Å². The Hall–Kier alpha value is -1.10. The molecule has 1 aliphatic heterocycles. The summed E-state index contributed by atoms with van der Waals surface area (Å²) in [4.78, 5) is 26.7. The summed E-state index contributed by atoms with van der Waals surface area (Å²) in [5.41, 5.74) is -0.264. The van der Waals surface area contributed by atoms with E-state index in [0.29, 0.717) is 13.0 Å². The zero-order valence-electron chi connectivity index (χ0n) is 14.1. The van der Waals surface area contributed by atoms with Crippen molar-refractivity contribution in [2.75, 3.05) is 20.3 Å². The number of amides is 2. The maximum Gasteiger partial charge on any atom is 0.246 e. The van der Waals surface area contributed by atoms with E-state index in [-0.39, 0.29) is 23.3 Å². The normalized spacial score (nSPS) is 23.4. The summed E-state index contributed by atoms with van der Waals surface area (Å²) in [5.74, 6) is 0.0367. The molecule has 1 aliphatic rings. The van der Waals surface area contributed by atoms with Gasteiger partial charge in [-0.25, -0.2) is 0 Å². The Kier molecular flexibility index (Phi) is 6.65. The van der Waals surface area contributed by atoms with Gasteiger partial charge in [0.25, 0.3) is 0 Å². The molecule has 1 saturated heterocycles. The number of hydrogen-bond donors (Lipinski definition) is 1. The van der Waals surface area contributed by atoms with E-state index in [9.17, 15) is 9.59 Å². The number of nitrogens with zero attached hydrogens (tertiary/aromatic N) is 1. The maximum atomic E-state index is 12.7. The molecule has 0 spiro atoms. The fraction of sp³-hybridized carbons (Fsp3) is 0.875. The third-order valence-electron chi connectivity index (χ3n) is 4.00. The SMILES string of the molecule is CCC1C(=O)NC(C(C)(C)C)C(=O)N1CCCCCOC. The van der Waals surface area contributed by atoms with E-state index in [2.05, 4.69) is 5.32 Å². The van der Waals surface area contributed by atoms with Crippen molar-refractivity contribution in [1.82, 2.24) is 10.2 Å². The third-order valence-corrected chi connectivity index (χ3v) is 4.00. The molecule has 1 heterocycles. The molecule has 0 aliphatic carbocycles. The van der Waals surface area contributed by atoms with Crippen LogP contribution >= 0.6 is 0 Å². The zero-order valence-corrected chi connectivity index (χ0v) is 14.1. The largest absolute Gasteiger partial charge is 0.385 e. The van der Waals surface area contributed by atoms with Gasteiger partial charge in [-0.3, -0.25) is 9.59 Å². The molecule has 0 aromatic carbocycles. The summed E-state index contributed by atoms with van der Waals surface area (Å²) >= 11 is 0. The molecule has 0 aromatic heterocycles. The highest BCUT2D eigenvalue weighted by Gasteiger charge is 2.44. The summed E-state index contributed by atoms with van der Waals surface area (Å²) < 4.78 is 5.03. The van der Waals surface area contributed by atoms with Crippen LogP contribution in [0.5, 0.6) is 0 Å². The van der Waals surface area contributed by atoms with Crippen molar-refractivity contribution >= 4 is 11.8 Å². The lowest BCUT2D eigenvalue weighted by Gasteiger charge is -2.43. The third kappa shape index (κ3) is 4.70. The number of rotatable bonds is 7. The number of piperazine rings is 1. The first kappa shape index (κ1) is 18.0. The molecule has 2 amide bonds. The molecule has 21 heavy (non-hydrogen) atoms. The van der Waals surface area contributed by atoms with Gasteiger partial charge in [0.15, 0.2) is 0 Å². The highest BCUT2D eigenvalue weighted by molar-refractivity contribution is 5.97. The zero-order chi connectivity index (χ0) is 16.0. The first-order chi connectivity index (χ1) is 9.82. The fourth-order valence-corrected chi connectivity index (χ4v) is 2.73. The smallest absolute Gasteiger partial charge is 0.246 e. The Balaban J connectivity index is 2.70. The standard InChI is InChI=1S/C16H30N2O3/c1-6-12-14(19)17-13(16(2,3)4)15(20)18(12)10-8-7-9-11-21-5/h12-13H,6-11H2,1-5H3,(H,17,19). The van der Waals surface area contributed by atoms with Crippen LogP contribution in [0.3, 0.4) is 0 Å². The molecular weight excluding hydrogens is 268 g/mol. The van der Waals surface area contributed by atoms with Crippen molar-refractivity contribution in [1.29, 1.82) is 0 Å². The summed E-state index contributed by atoms with van der Waals surface area (Å²) in [6, 6.07) is -0.745. The van der Waals surface area contributed by atoms with Crippen LogP contribution in [-0.4, -0.2) is 49.1 Å². The minimum Gasteiger partial charge on any atom is -0.385 e. The minimum atomic E-state index is -0.424. The molecule has 0 bridgehead atoms. The highest BCUT2D eigenvalue weighted by Crippen LogP contribution is 2.26. The van der Waals surface area contributed by atoms with Gasteiger partial charge in [-0.15, -0.1) is 0 Å². The molecular formula is C16H30N2O3. The quantitative estimate of drug-likeness (QED) is 0.731. The van der Waals surface area contributed by atoms with Crippen LogP contribution < -0.4 is 5.32 Å². The van der Waals surface area contributed by atoms with E-state index in [1.807, 2.05) is 27.7 Å². The van der Waals surface area contributed by atoms with Crippen LogP contribution in [0.25, 0.3) is 0 Å². The van der Waals surface area contributed by atoms with Gasteiger partial charge < -0.3 is 15.0 Å². The van der Waals surface area contributed by atoms with Crippen molar-refractivity contribution in [3.05, 3.63) is 0 Å². The average molecular weight is 298 g/mol. The van der Waals surface area contributed by atoms with E-state index in [1.165, 1.54) is 0 Å². The summed E-state index contributed by atoms with van der Waals surface area (Å²) in [7, 11) is 1.69. The van der Waals surface area contributed by atoms with E-state index >= 15 is 0 Å². The van der Waals surface area contributed by atoms with E-state index in [0.717, 1.165) is 25.9 Å². The molecule has 0 aromatic rings. The Morgan fingerprint density at radius 3 is 2.38 bits per heavy atom. The molecule has 0 radical (unpaired) electrons. The molecule has 1 fully saturated rings. The van der Waals surface area contributed by atoms with Crippen LogP contribution in [0.15, 0.2) is 0 Å². The number of methoxy groups -OCH3 is 1. The van der Waals surface area contributed by atoms with Crippen LogP contribution in [-0.2, 0) is 14.3 Å². The van der Waals surface area contributed by atoms with Crippen molar-refractivity contribution < 1.29 is 14.3 Å². The number of nitrogens with one attached hydrogen (secondary N) is 1. The van der Waals surface area contributed by atoms with E-state index in [4.69, 9.17) is 4.74 Å². The van der Waals surface area contributed by atoms with Crippen molar-refractivity contribution in [2.24, 2.45) is 5.41 Å². The Morgan fingerprint density at radius 1 is 1.19 bits per heavy atom. The van der Waals surface area contributed by atoms with Gasteiger partial charge in [-0.1, -0.05) is 27.7 Å². The van der Waals surface area contributed by atoms with Crippen molar-refractivity contribution in [3.63, 3.8) is 0 Å². The van der Waals surface area contributed by atoms with Crippen LogP contribution in [0.4, 0.5) is 0 Å². The molecule has 122 valence electrons. The lowest BCUT2D eigenvalue weighted by atomic mass is 9.83. The highest BCUT2D eigenvalue weighted by atomic mass is 16.5. The van der Waals surface area contributed by atoms with Gasteiger partial charge >= 0.3 is 0 Å². The molecule has 5 nitrogen and oxygen atoms in total. The monoisotopic (exact) mass is 298 g/mol. The van der Waals surface area contributed by atoms with Gasteiger partial charge in [-0.2, -0.15) is 0 Å². The lowest BCUT2D eigenvalue weighted by molar-refractivity contribution is -0.152. The van der Waals surface area contributed by atoms with Crippen LogP contribution in [0.2, 0.25) is 0 Å². The van der Waals surface area contributed by atoms with Crippen LogP contribution in [0.1, 0.15) is 53.4 Å². The fourth-order valence-electron chi connectivity index (χ4n) is 2.73. The van der Waals surface area contributed by atoms with Crippen molar-refractivity contribution in [2.45, 2.75) is 65.5 Å². The Morgan fingerprint density at radius 2 is 1.86 bits per heavy atom. The van der Waals surface area contributed by atoms with Gasteiger partial charge in [0.1, 0.15) is 12.1 Å². The molecule has 0 saturated carbocycles. The molecule has 2 atom stereocenters. The first-order valence-corrected chi connectivity index (χ1v) is 7.92. The molecule has 1 rings (SSSR count). The lowest BCUT2D eigenvalue weighted by Crippen LogP contribution is -2.66. The predicted molar refractivity (Wildman–Crippen MR) is 82.9 cm³/mol. The topological polar surface area (TPSA) is 58.6 Å². The number of ether oxygens (including phenoxy) is 1. The second kappa shape index (κ2) is 7.78.